The molecule has 1 saturated heterocycles. The fourth-order valence-electron chi connectivity index (χ4n) is 3.38. The second-order valence-electron chi connectivity index (χ2n) is 5.72. The lowest BCUT2D eigenvalue weighted by Gasteiger charge is -2.38. The Balaban J connectivity index is 1.45. The number of carbonyl (C=O) groups excluding carboxylic acids is 1. The molecule has 1 aliphatic carbocycles. The average molecular weight is 293 g/mol. The van der Waals surface area contributed by atoms with Gasteiger partial charge in [0.2, 0.25) is 5.91 Å². The van der Waals surface area contributed by atoms with Gasteiger partial charge in [0.05, 0.1) is 18.8 Å². The van der Waals surface area contributed by atoms with Gasteiger partial charge in [0.15, 0.2) is 0 Å². The molecular weight excluding hydrogens is 270 g/mol. The SMILES string of the molecule is CC(=O)N1CCO[C@H]2[C@H](OCCCn3cccn3)CC[C@@H]21. The maximum absolute atomic E-state index is 11.7. The number of nitrogens with zero attached hydrogens (tertiary/aromatic N) is 3. The van der Waals surface area contributed by atoms with Crippen LogP contribution in [0.15, 0.2) is 18.5 Å². The van der Waals surface area contributed by atoms with Crippen LogP contribution >= 0.6 is 0 Å². The van der Waals surface area contributed by atoms with E-state index in [1.54, 1.807) is 13.1 Å². The van der Waals surface area contributed by atoms with Crippen LogP contribution in [-0.2, 0) is 20.8 Å². The number of aromatic nitrogens is 2. The predicted molar refractivity (Wildman–Crippen MR) is 76.7 cm³/mol. The van der Waals surface area contributed by atoms with Gasteiger partial charge in [-0.15, -0.1) is 0 Å². The molecule has 0 radical (unpaired) electrons. The Morgan fingerprint density at radius 2 is 2.38 bits per heavy atom. The summed E-state index contributed by atoms with van der Waals surface area (Å²) in [6, 6.07) is 2.13. The molecule has 116 valence electrons. The highest BCUT2D eigenvalue weighted by atomic mass is 16.5. The lowest BCUT2D eigenvalue weighted by Crippen LogP contribution is -2.53. The molecule has 21 heavy (non-hydrogen) atoms. The van der Waals surface area contributed by atoms with Crippen molar-refractivity contribution in [1.29, 1.82) is 0 Å². The van der Waals surface area contributed by atoms with Gasteiger partial charge in [0, 0.05) is 39.0 Å². The monoisotopic (exact) mass is 293 g/mol. The largest absolute Gasteiger partial charge is 0.375 e. The fraction of sp³-hybridized carbons (Fsp3) is 0.733. The van der Waals surface area contributed by atoms with E-state index in [0.29, 0.717) is 19.8 Å². The van der Waals surface area contributed by atoms with Crippen molar-refractivity contribution in [2.45, 2.75) is 51.0 Å². The van der Waals surface area contributed by atoms with E-state index in [4.69, 9.17) is 9.47 Å². The molecule has 0 aromatic carbocycles. The molecule has 1 aromatic rings. The molecule has 1 aliphatic heterocycles. The minimum absolute atomic E-state index is 0.0485. The molecule has 0 spiro atoms. The molecule has 6 heteroatoms. The summed E-state index contributed by atoms with van der Waals surface area (Å²) >= 11 is 0. The first-order chi connectivity index (χ1) is 10.3. The van der Waals surface area contributed by atoms with Crippen LogP contribution < -0.4 is 0 Å². The van der Waals surface area contributed by atoms with Crippen molar-refractivity contribution in [3.63, 3.8) is 0 Å². The molecule has 2 heterocycles. The number of rotatable bonds is 5. The summed E-state index contributed by atoms with van der Waals surface area (Å²) in [7, 11) is 0. The maximum Gasteiger partial charge on any atom is 0.219 e. The van der Waals surface area contributed by atoms with Gasteiger partial charge in [-0.3, -0.25) is 9.48 Å². The van der Waals surface area contributed by atoms with Crippen LogP contribution in [0.3, 0.4) is 0 Å². The third-order valence-electron chi connectivity index (χ3n) is 4.36. The lowest BCUT2D eigenvalue weighted by atomic mass is 10.1. The van der Waals surface area contributed by atoms with E-state index >= 15 is 0 Å². The second-order valence-corrected chi connectivity index (χ2v) is 5.72. The van der Waals surface area contributed by atoms with Crippen LogP contribution in [0.1, 0.15) is 26.2 Å². The van der Waals surface area contributed by atoms with E-state index in [0.717, 1.165) is 25.8 Å². The third kappa shape index (κ3) is 3.27. The predicted octanol–water partition coefficient (Wildman–Crippen LogP) is 1.07. The summed E-state index contributed by atoms with van der Waals surface area (Å²) in [5.74, 6) is 0.146. The first-order valence-corrected chi connectivity index (χ1v) is 7.73. The summed E-state index contributed by atoms with van der Waals surface area (Å²) < 4.78 is 13.8. The van der Waals surface area contributed by atoms with Gasteiger partial charge in [-0.05, 0) is 25.3 Å². The van der Waals surface area contributed by atoms with Crippen LogP contribution in [0.2, 0.25) is 0 Å². The molecule has 0 unspecified atom stereocenters. The molecular formula is C15H23N3O3. The minimum Gasteiger partial charge on any atom is -0.375 e. The lowest BCUT2D eigenvalue weighted by molar-refractivity contribution is -0.149. The summed E-state index contributed by atoms with van der Waals surface area (Å²) in [6.07, 6.45) is 6.80. The Hall–Kier alpha value is -1.40. The van der Waals surface area contributed by atoms with Crippen LogP contribution in [0.4, 0.5) is 0 Å². The quantitative estimate of drug-likeness (QED) is 0.762. The summed E-state index contributed by atoms with van der Waals surface area (Å²) in [6.45, 7) is 4.54. The van der Waals surface area contributed by atoms with Crippen molar-refractivity contribution in [2.75, 3.05) is 19.8 Å². The first kappa shape index (κ1) is 14.5. The zero-order valence-electron chi connectivity index (χ0n) is 12.5. The zero-order valence-corrected chi connectivity index (χ0v) is 12.5. The fourth-order valence-corrected chi connectivity index (χ4v) is 3.38. The molecule has 3 rings (SSSR count). The van der Waals surface area contributed by atoms with E-state index in [1.165, 1.54) is 0 Å². The number of carbonyl (C=O) groups is 1. The van der Waals surface area contributed by atoms with Crippen LogP contribution in [-0.4, -0.2) is 58.6 Å². The highest BCUT2D eigenvalue weighted by molar-refractivity contribution is 5.73. The number of ether oxygens (including phenoxy) is 2. The Morgan fingerprint density at radius 3 is 3.14 bits per heavy atom. The number of fused-ring (bicyclic) bond motifs is 1. The topological polar surface area (TPSA) is 56.6 Å². The molecule has 1 aromatic heterocycles. The number of morpholine rings is 1. The Labute approximate surface area is 125 Å². The maximum atomic E-state index is 11.7. The minimum atomic E-state index is 0.0485. The smallest absolute Gasteiger partial charge is 0.219 e. The summed E-state index contributed by atoms with van der Waals surface area (Å²) in [4.78, 5) is 13.6. The van der Waals surface area contributed by atoms with Gasteiger partial charge in [-0.2, -0.15) is 5.10 Å². The molecule has 0 bridgehead atoms. The van der Waals surface area contributed by atoms with E-state index < -0.39 is 0 Å². The van der Waals surface area contributed by atoms with Gasteiger partial charge < -0.3 is 14.4 Å². The highest BCUT2D eigenvalue weighted by Crippen LogP contribution is 2.32. The third-order valence-corrected chi connectivity index (χ3v) is 4.36. The van der Waals surface area contributed by atoms with Crippen molar-refractivity contribution < 1.29 is 14.3 Å². The molecule has 1 saturated carbocycles. The number of hydrogen-bond acceptors (Lipinski definition) is 4. The normalized spacial score (nSPS) is 28.6. The van der Waals surface area contributed by atoms with Gasteiger partial charge in [-0.25, -0.2) is 0 Å². The van der Waals surface area contributed by atoms with Crippen molar-refractivity contribution in [2.24, 2.45) is 0 Å². The van der Waals surface area contributed by atoms with Gasteiger partial charge >= 0.3 is 0 Å². The Morgan fingerprint density at radius 1 is 1.48 bits per heavy atom. The first-order valence-electron chi connectivity index (χ1n) is 7.73. The van der Waals surface area contributed by atoms with E-state index in [1.807, 2.05) is 21.8 Å². The average Bonchev–Trinajstić information content (AvgIpc) is 3.13. The second kappa shape index (κ2) is 6.58. The molecule has 6 nitrogen and oxygen atoms in total. The van der Waals surface area contributed by atoms with Crippen molar-refractivity contribution in [3.8, 4) is 0 Å². The summed E-state index contributed by atoms with van der Waals surface area (Å²) in [5, 5.41) is 4.17. The molecule has 2 fully saturated rings. The molecule has 2 aliphatic rings. The van der Waals surface area contributed by atoms with Crippen molar-refractivity contribution >= 4 is 5.91 Å². The number of amides is 1. The van der Waals surface area contributed by atoms with Crippen LogP contribution in [0.5, 0.6) is 0 Å². The zero-order chi connectivity index (χ0) is 14.7. The van der Waals surface area contributed by atoms with Gasteiger partial charge in [-0.1, -0.05) is 0 Å². The number of hydrogen-bond donors (Lipinski definition) is 0. The Bertz CT molecular complexity index is 463. The highest BCUT2D eigenvalue weighted by Gasteiger charge is 2.44. The van der Waals surface area contributed by atoms with Crippen molar-refractivity contribution in [1.82, 2.24) is 14.7 Å². The van der Waals surface area contributed by atoms with Crippen LogP contribution in [0, 0.1) is 0 Å². The molecule has 1 amide bonds. The van der Waals surface area contributed by atoms with Crippen molar-refractivity contribution in [3.05, 3.63) is 18.5 Å². The van der Waals surface area contributed by atoms with Crippen LogP contribution in [0.25, 0.3) is 0 Å². The summed E-state index contributed by atoms with van der Waals surface area (Å²) in [5.41, 5.74) is 0. The van der Waals surface area contributed by atoms with E-state index in [-0.39, 0.29) is 24.2 Å². The van der Waals surface area contributed by atoms with Gasteiger partial charge in [0.1, 0.15) is 6.10 Å². The number of aryl methyl sites for hydroxylation is 1. The van der Waals surface area contributed by atoms with Gasteiger partial charge in [0.25, 0.3) is 0 Å². The molecule has 0 N–H and O–H groups in total. The van der Waals surface area contributed by atoms with E-state index in [9.17, 15) is 4.79 Å². The Kier molecular flexibility index (Phi) is 4.55. The van der Waals surface area contributed by atoms with E-state index in [2.05, 4.69) is 5.10 Å². The molecule has 3 atom stereocenters. The standard InChI is InChI=1S/C15H23N3O3/c1-12(19)18-9-11-21-15-13(18)4-5-14(15)20-10-3-8-17-7-2-6-16-17/h2,6-7,13-15H,3-5,8-11H2,1H3/t13-,14+,15+/m0/s1.